The molecule has 0 atom stereocenters. The molecule has 1 aliphatic rings. The molecule has 3 amide bonds. The van der Waals surface area contributed by atoms with Gasteiger partial charge in [-0.2, -0.15) is 13.2 Å². The Balaban J connectivity index is 1.70. The van der Waals surface area contributed by atoms with E-state index in [1.165, 1.54) is 17.0 Å². The zero-order valence-corrected chi connectivity index (χ0v) is 21.8. The third kappa shape index (κ3) is 7.85. The summed E-state index contributed by atoms with van der Waals surface area (Å²) >= 11 is 0. The van der Waals surface area contributed by atoms with E-state index in [4.69, 9.17) is 0 Å². The molecule has 0 radical (unpaired) electrons. The van der Waals surface area contributed by atoms with Gasteiger partial charge in [-0.15, -0.1) is 0 Å². The highest BCUT2D eigenvalue weighted by Crippen LogP contribution is 2.32. The Bertz CT molecular complexity index is 1100. The van der Waals surface area contributed by atoms with E-state index in [1.54, 1.807) is 18.0 Å². The summed E-state index contributed by atoms with van der Waals surface area (Å²) in [5.74, 6) is -0.299. The monoisotopic (exact) mass is 519 g/mol. The number of carbonyl (C=O) groups is 2. The van der Waals surface area contributed by atoms with Gasteiger partial charge in [0.05, 0.1) is 12.1 Å². The van der Waals surface area contributed by atoms with Gasteiger partial charge in [-0.3, -0.25) is 4.79 Å². The summed E-state index contributed by atoms with van der Waals surface area (Å²) in [6.07, 6.45) is -3.86. The van der Waals surface area contributed by atoms with E-state index < -0.39 is 11.7 Å². The SMILES string of the molecule is CNCCN(Cc1ccccc1C(F)(F)F)C(=O)CNc1cccc2c1CCN(C(=O)NC(C)(C)C)C2. The molecular formula is C27H36F3N5O2. The van der Waals surface area contributed by atoms with Gasteiger partial charge in [0, 0.05) is 44.0 Å². The maximum atomic E-state index is 13.5. The maximum absolute atomic E-state index is 13.5. The fourth-order valence-corrected chi connectivity index (χ4v) is 4.31. The molecule has 0 spiro atoms. The molecule has 0 bridgehead atoms. The van der Waals surface area contributed by atoms with E-state index in [1.807, 2.05) is 39.0 Å². The number of hydrogen-bond donors (Lipinski definition) is 3. The van der Waals surface area contributed by atoms with Crippen LogP contribution in [-0.2, 0) is 30.5 Å². The van der Waals surface area contributed by atoms with Crippen molar-refractivity contribution in [1.29, 1.82) is 0 Å². The van der Waals surface area contributed by atoms with Crippen molar-refractivity contribution >= 4 is 17.6 Å². The molecule has 2 aromatic carbocycles. The molecule has 2 aromatic rings. The van der Waals surface area contributed by atoms with Crippen LogP contribution in [-0.4, -0.2) is 60.5 Å². The molecule has 1 aliphatic heterocycles. The summed E-state index contributed by atoms with van der Waals surface area (Å²) in [6.45, 7) is 7.34. The van der Waals surface area contributed by atoms with Crippen LogP contribution in [0, 0.1) is 0 Å². The van der Waals surface area contributed by atoms with E-state index in [-0.39, 0.29) is 42.7 Å². The van der Waals surface area contributed by atoms with Crippen molar-refractivity contribution < 1.29 is 22.8 Å². The molecule has 0 aromatic heterocycles. The lowest BCUT2D eigenvalue weighted by atomic mass is 9.97. The molecule has 0 saturated carbocycles. The first kappa shape index (κ1) is 28.3. The topological polar surface area (TPSA) is 76.7 Å². The summed E-state index contributed by atoms with van der Waals surface area (Å²) in [5.41, 5.74) is 1.83. The molecule has 3 rings (SSSR count). The number of anilines is 1. The smallest absolute Gasteiger partial charge is 0.376 e. The van der Waals surface area contributed by atoms with Gasteiger partial charge in [-0.25, -0.2) is 4.79 Å². The molecular weight excluding hydrogens is 483 g/mol. The third-order valence-corrected chi connectivity index (χ3v) is 6.13. The first-order valence-electron chi connectivity index (χ1n) is 12.4. The van der Waals surface area contributed by atoms with Gasteiger partial charge in [0.25, 0.3) is 0 Å². The number of rotatable bonds is 8. The van der Waals surface area contributed by atoms with Crippen LogP contribution < -0.4 is 16.0 Å². The number of hydrogen-bond acceptors (Lipinski definition) is 4. The van der Waals surface area contributed by atoms with E-state index in [2.05, 4.69) is 16.0 Å². The fraction of sp³-hybridized carbons (Fsp3) is 0.481. The average Bonchev–Trinajstić information content (AvgIpc) is 2.83. The Morgan fingerprint density at radius 3 is 2.46 bits per heavy atom. The molecule has 0 aliphatic carbocycles. The van der Waals surface area contributed by atoms with Crippen LogP contribution in [0.15, 0.2) is 42.5 Å². The Hall–Kier alpha value is -3.27. The van der Waals surface area contributed by atoms with E-state index in [0.717, 1.165) is 22.9 Å². The van der Waals surface area contributed by atoms with Crippen molar-refractivity contribution in [2.45, 2.75) is 52.0 Å². The highest BCUT2D eigenvalue weighted by Gasteiger charge is 2.33. The van der Waals surface area contributed by atoms with Gasteiger partial charge in [0.1, 0.15) is 0 Å². The van der Waals surface area contributed by atoms with Gasteiger partial charge in [0.15, 0.2) is 0 Å². The Labute approximate surface area is 216 Å². The molecule has 7 nitrogen and oxygen atoms in total. The van der Waals surface area contributed by atoms with Crippen molar-refractivity contribution in [1.82, 2.24) is 20.4 Å². The summed E-state index contributed by atoms with van der Waals surface area (Å²) in [5, 5.41) is 9.12. The summed E-state index contributed by atoms with van der Waals surface area (Å²) in [4.78, 5) is 28.9. The number of likely N-dealkylation sites (N-methyl/N-ethyl adjacent to an activating group) is 1. The molecule has 0 saturated heterocycles. The molecule has 3 N–H and O–H groups in total. The van der Waals surface area contributed by atoms with Crippen LogP contribution >= 0.6 is 0 Å². The van der Waals surface area contributed by atoms with Crippen LogP contribution in [0.3, 0.4) is 0 Å². The predicted octanol–water partition coefficient (Wildman–Crippen LogP) is 4.23. The van der Waals surface area contributed by atoms with E-state index in [0.29, 0.717) is 26.1 Å². The minimum absolute atomic E-state index is 0.0530. The van der Waals surface area contributed by atoms with Gasteiger partial charge in [0.2, 0.25) is 5.91 Å². The lowest BCUT2D eigenvalue weighted by Gasteiger charge is -2.33. The number of nitrogens with zero attached hydrogens (tertiary/aromatic N) is 2. The van der Waals surface area contributed by atoms with Crippen LogP contribution in [0.2, 0.25) is 0 Å². The molecule has 0 unspecified atom stereocenters. The molecule has 202 valence electrons. The summed E-state index contributed by atoms with van der Waals surface area (Å²) < 4.78 is 40.5. The quantitative estimate of drug-likeness (QED) is 0.488. The molecule has 0 fully saturated rings. The fourth-order valence-electron chi connectivity index (χ4n) is 4.31. The van der Waals surface area contributed by atoms with E-state index in [9.17, 15) is 22.8 Å². The van der Waals surface area contributed by atoms with Crippen LogP contribution in [0.5, 0.6) is 0 Å². The first-order valence-corrected chi connectivity index (χ1v) is 12.4. The number of urea groups is 1. The first-order chi connectivity index (χ1) is 17.4. The zero-order chi connectivity index (χ0) is 27.2. The number of halogens is 3. The zero-order valence-electron chi connectivity index (χ0n) is 21.8. The van der Waals surface area contributed by atoms with Gasteiger partial charge < -0.3 is 25.8 Å². The van der Waals surface area contributed by atoms with Gasteiger partial charge >= 0.3 is 12.2 Å². The lowest BCUT2D eigenvalue weighted by molar-refractivity contribution is -0.139. The second-order valence-corrected chi connectivity index (χ2v) is 10.2. The summed E-state index contributed by atoms with van der Waals surface area (Å²) in [7, 11) is 1.73. The highest BCUT2D eigenvalue weighted by atomic mass is 19.4. The number of carbonyl (C=O) groups excluding carboxylic acids is 2. The molecule has 10 heteroatoms. The Morgan fingerprint density at radius 2 is 1.78 bits per heavy atom. The maximum Gasteiger partial charge on any atom is 0.416 e. The number of amides is 3. The van der Waals surface area contributed by atoms with Crippen molar-refractivity contribution in [2.24, 2.45) is 0 Å². The predicted molar refractivity (Wildman–Crippen MR) is 138 cm³/mol. The Morgan fingerprint density at radius 1 is 1.05 bits per heavy atom. The second-order valence-electron chi connectivity index (χ2n) is 10.2. The van der Waals surface area contributed by atoms with Crippen molar-refractivity contribution in [3.8, 4) is 0 Å². The van der Waals surface area contributed by atoms with Crippen molar-refractivity contribution in [3.63, 3.8) is 0 Å². The van der Waals surface area contributed by atoms with Gasteiger partial charge in [-0.05, 0) is 63.1 Å². The van der Waals surface area contributed by atoms with Crippen molar-refractivity contribution in [2.75, 3.05) is 38.5 Å². The lowest BCUT2D eigenvalue weighted by Crippen LogP contribution is -2.49. The number of alkyl halides is 3. The summed E-state index contributed by atoms with van der Waals surface area (Å²) in [6, 6.07) is 10.9. The van der Waals surface area contributed by atoms with Crippen molar-refractivity contribution in [3.05, 3.63) is 64.7 Å². The highest BCUT2D eigenvalue weighted by molar-refractivity contribution is 5.81. The minimum atomic E-state index is -4.49. The van der Waals surface area contributed by atoms with E-state index >= 15 is 0 Å². The number of fused-ring (bicyclic) bond motifs is 1. The van der Waals surface area contributed by atoms with Gasteiger partial charge in [-0.1, -0.05) is 30.3 Å². The average molecular weight is 520 g/mol. The Kier molecular flexibility index (Phi) is 9.07. The minimum Gasteiger partial charge on any atom is -0.376 e. The molecule has 1 heterocycles. The second kappa shape index (κ2) is 11.9. The number of benzene rings is 2. The standard InChI is InChI=1S/C27H36F3N5O2/c1-26(2,3)33-25(37)35-14-12-21-19(17-35)9-7-11-23(21)32-16-24(36)34(15-13-31-4)18-20-8-5-6-10-22(20)27(28,29)30/h5-11,31-32H,12-18H2,1-4H3,(H,33,37). The largest absolute Gasteiger partial charge is 0.416 e. The normalized spacial score (nSPS) is 13.6. The van der Waals surface area contributed by atoms with Crippen LogP contribution in [0.4, 0.5) is 23.7 Å². The molecule has 37 heavy (non-hydrogen) atoms. The third-order valence-electron chi connectivity index (χ3n) is 6.13. The van der Waals surface area contributed by atoms with Crippen LogP contribution in [0.1, 0.15) is 43.0 Å². The number of nitrogens with one attached hydrogen (secondary N) is 3. The van der Waals surface area contributed by atoms with Crippen LogP contribution in [0.25, 0.3) is 0 Å².